The van der Waals surface area contributed by atoms with E-state index in [2.05, 4.69) is 54.8 Å². The Morgan fingerprint density at radius 1 is 0.722 bits per heavy atom. The molecule has 2 saturated heterocycles. The Morgan fingerprint density at radius 3 is 1.52 bits per heavy atom. The van der Waals surface area contributed by atoms with Gasteiger partial charge >= 0.3 is 12.2 Å². The maximum Gasteiger partial charge on any atom is 0.407 e. The van der Waals surface area contributed by atoms with Crippen LogP contribution in [0.2, 0.25) is 0 Å². The Balaban J connectivity index is 1.10. The van der Waals surface area contributed by atoms with Crippen molar-refractivity contribution in [1.82, 2.24) is 40.4 Å². The van der Waals surface area contributed by atoms with Crippen LogP contribution in [-0.4, -0.2) is 90.6 Å². The van der Waals surface area contributed by atoms with Crippen LogP contribution in [0, 0.1) is 11.8 Å². The zero-order valence-corrected chi connectivity index (χ0v) is 31.5. The van der Waals surface area contributed by atoms with Gasteiger partial charge in [0.2, 0.25) is 11.8 Å². The summed E-state index contributed by atoms with van der Waals surface area (Å²) in [5, 5.41) is 14.4. The lowest BCUT2D eigenvalue weighted by Crippen LogP contribution is -2.51. The van der Waals surface area contributed by atoms with Crippen molar-refractivity contribution < 1.29 is 29.0 Å². The second kappa shape index (κ2) is 16.6. The third-order valence-corrected chi connectivity index (χ3v) is 10.3. The third-order valence-electron chi connectivity index (χ3n) is 10.3. The zero-order chi connectivity index (χ0) is 38.5. The summed E-state index contributed by atoms with van der Waals surface area (Å²) in [6, 6.07) is 14.4. The van der Waals surface area contributed by atoms with Crippen LogP contribution in [0.25, 0.3) is 33.6 Å². The molecule has 2 aliphatic rings. The van der Waals surface area contributed by atoms with E-state index in [4.69, 9.17) is 4.74 Å². The second-order valence-electron chi connectivity index (χ2n) is 14.7. The molecule has 2 fully saturated rings. The minimum Gasteiger partial charge on any atom is -0.465 e. The van der Waals surface area contributed by atoms with Gasteiger partial charge in [0, 0.05) is 13.1 Å². The van der Waals surface area contributed by atoms with Gasteiger partial charge < -0.3 is 40.2 Å². The van der Waals surface area contributed by atoms with Gasteiger partial charge in [-0.15, -0.1) is 0 Å². The van der Waals surface area contributed by atoms with Crippen molar-refractivity contribution >= 4 is 24.0 Å². The van der Waals surface area contributed by atoms with Crippen LogP contribution >= 0.6 is 0 Å². The number of imidazole rings is 2. The first kappa shape index (κ1) is 38.1. The molecule has 54 heavy (non-hydrogen) atoms. The smallest absolute Gasteiger partial charge is 0.407 e. The van der Waals surface area contributed by atoms with Crippen molar-refractivity contribution in [3.8, 4) is 33.6 Å². The van der Waals surface area contributed by atoms with Gasteiger partial charge in [-0.05, 0) is 66.7 Å². The highest BCUT2D eigenvalue weighted by Gasteiger charge is 2.39. The van der Waals surface area contributed by atoms with E-state index >= 15 is 0 Å². The first-order chi connectivity index (χ1) is 25.9. The van der Waals surface area contributed by atoms with Gasteiger partial charge in [0.15, 0.2) is 0 Å². The van der Waals surface area contributed by atoms with Crippen LogP contribution in [-0.2, 0) is 14.3 Å². The lowest BCUT2D eigenvalue weighted by atomic mass is 10.0. The van der Waals surface area contributed by atoms with E-state index in [0.717, 1.165) is 65.1 Å². The first-order valence-electron chi connectivity index (χ1n) is 18.8. The van der Waals surface area contributed by atoms with Crippen molar-refractivity contribution in [1.29, 1.82) is 0 Å². The molecule has 0 radical (unpaired) electrons. The van der Waals surface area contributed by atoms with E-state index in [-0.39, 0.29) is 42.3 Å². The highest BCUT2D eigenvalue weighted by atomic mass is 16.5. The fourth-order valence-electron chi connectivity index (χ4n) is 7.44. The number of aromatic nitrogens is 4. The molecule has 14 heteroatoms. The van der Waals surface area contributed by atoms with Crippen molar-refractivity contribution in [2.45, 2.75) is 84.5 Å². The molecule has 14 nitrogen and oxygen atoms in total. The number of nitrogens with zero attached hydrogens (tertiary/aromatic N) is 4. The number of benzene rings is 2. The van der Waals surface area contributed by atoms with Crippen LogP contribution in [0.5, 0.6) is 0 Å². The maximum absolute atomic E-state index is 13.6. The van der Waals surface area contributed by atoms with Gasteiger partial charge in [-0.25, -0.2) is 19.6 Å². The van der Waals surface area contributed by atoms with E-state index in [9.17, 15) is 24.3 Å². The molecule has 0 bridgehead atoms. The molecular weight excluding hydrogens is 688 g/mol. The molecular formula is C40H50N8O6. The molecule has 2 aliphatic heterocycles. The summed E-state index contributed by atoms with van der Waals surface area (Å²) in [5.74, 6) is 0.747. The summed E-state index contributed by atoms with van der Waals surface area (Å²) >= 11 is 0. The summed E-state index contributed by atoms with van der Waals surface area (Å²) in [6.07, 6.45) is 4.96. The van der Waals surface area contributed by atoms with E-state index in [1.54, 1.807) is 24.2 Å². The van der Waals surface area contributed by atoms with E-state index in [1.807, 2.05) is 56.9 Å². The van der Waals surface area contributed by atoms with E-state index in [1.165, 1.54) is 0 Å². The highest BCUT2D eigenvalue weighted by Crippen LogP contribution is 2.35. The number of ether oxygens (including phenoxy) is 1. The van der Waals surface area contributed by atoms with Crippen LogP contribution in [0.3, 0.4) is 0 Å². The highest BCUT2D eigenvalue weighted by molar-refractivity contribution is 5.87. The van der Waals surface area contributed by atoms with E-state index < -0.39 is 24.3 Å². The predicted octanol–water partition coefficient (Wildman–Crippen LogP) is 6.52. The molecule has 6 rings (SSSR count). The molecule has 0 spiro atoms. The summed E-state index contributed by atoms with van der Waals surface area (Å²) < 4.78 is 5.04. The SMILES string of the molecule is CCOC(=O)N[C@H](C(=O)N1CCCC1c1ncc(-c2ccc(-c3ccc(-c4cnc([C@@H]5CCCN5C(=O)[C@@H](NC(=O)O)C(C)C)[nH]4)cc3)cc2)[nH]1)C(C)C. The molecule has 2 aromatic carbocycles. The molecule has 2 aromatic heterocycles. The fourth-order valence-corrected chi connectivity index (χ4v) is 7.44. The number of carbonyl (C=O) groups excluding carboxylic acids is 3. The second-order valence-corrected chi connectivity index (χ2v) is 14.7. The van der Waals surface area contributed by atoms with Gasteiger partial charge in [-0.3, -0.25) is 9.59 Å². The zero-order valence-electron chi connectivity index (χ0n) is 31.5. The molecule has 0 aliphatic carbocycles. The number of rotatable bonds is 12. The Bertz CT molecular complexity index is 1940. The number of likely N-dealkylation sites (tertiary alicyclic amines) is 2. The standard InChI is InChI=1S/C40H50N8O6/c1-6-54-40(53)46-34(24(4)5)38(50)48-20-8-10-32(48)36-42-22-30(44-36)28-17-13-26(14-18-28)25-11-15-27(16-12-25)29-21-41-35(43-29)31-9-7-19-47(31)37(49)33(23(2)3)45-39(51)52/h11-18,21-24,31-34,45H,6-10,19-20H2,1-5H3,(H,41,43)(H,42,44)(H,46,53)(H,51,52)/t31-,32?,33-,34-/m0/s1. The molecule has 4 amide bonds. The molecule has 4 atom stereocenters. The van der Waals surface area contributed by atoms with Crippen molar-refractivity contribution in [2.75, 3.05) is 19.7 Å². The number of aromatic amines is 2. The predicted molar refractivity (Wildman–Crippen MR) is 203 cm³/mol. The first-order valence-corrected chi connectivity index (χ1v) is 18.8. The number of carbonyl (C=O) groups is 4. The van der Waals surface area contributed by atoms with Crippen LogP contribution in [0.4, 0.5) is 9.59 Å². The van der Waals surface area contributed by atoms with Gasteiger partial charge in [-0.2, -0.15) is 0 Å². The molecule has 1 unspecified atom stereocenters. The van der Waals surface area contributed by atoms with Crippen LogP contribution in [0.15, 0.2) is 60.9 Å². The molecule has 286 valence electrons. The maximum atomic E-state index is 13.6. The number of amides is 4. The third kappa shape index (κ3) is 8.27. The van der Waals surface area contributed by atoms with Crippen LogP contribution in [0.1, 0.15) is 84.0 Å². The van der Waals surface area contributed by atoms with Crippen molar-refractivity contribution in [2.24, 2.45) is 11.8 Å². The number of hydrogen-bond donors (Lipinski definition) is 5. The fraction of sp³-hybridized carbons (Fsp3) is 0.450. The average molecular weight is 739 g/mol. The van der Waals surface area contributed by atoms with Gasteiger partial charge in [-0.1, -0.05) is 76.2 Å². The summed E-state index contributed by atoms with van der Waals surface area (Å²) in [6.45, 7) is 10.6. The Labute approximate surface area is 315 Å². The minimum absolute atomic E-state index is 0.107. The topological polar surface area (TPSA) is 186 Å². The largest absolute Gasteiger partial charge is 0.465 e. The minimum atomic E-state index is -1.21. The quantitative estimate of drug-likeness (QED) is 0.109. The van der Waals surface area contributed by atoms with Gasteiger partial charge in [0.25, 0.3) is 0 Å². The number of alkyl carbamates (subject to hydrolysis) is 1. The lowest BCUT2D eigenvalue weighted by Gasteiger charge is -2.30. The van der Waals surface area contributed by atoms with Gasteiger partial charge in [0.05, 0.1) is 42.5 Å². The van der Waals surface area contributed by atoms with E-state index in [0.29, 0.717) is 18.9 Å². The molecule has 4 aromatic rings. The molecule has 4 heterocycles. The Morgan fingerprint density at radius 2 is 1.13 bits per heavy atom. The van der Waals surface area contributed by atoms with Crippen molar-refractivity contribution in [3.05, 3.63) is 72.6 Å². The van der Waals surface area contributed by atoms with Gasteiger partial charge in [0.1, 0.15) is 23.7 Å². The number of H-pyrrole nitrogens is 2. The summed E-state index contributed by atoms with van der Waals surface area (Å²) in [7, 11) is 0. The Hall–Kier alpha value is -5.66. The average Bonchev–Trinajstić information content (AvgIpc) is 3.99. The monoisotopic (exact) mass is 738 g/mol. The summed E-state index contributed by atoms with van der Waals surface area (Å²) in [5.41, 5.74) is 5.71. The Kier molecular flexibility index (Phi) is 11.7. The number of carboxylic acid groups (broad SMARTS) is 1. The number of nitrogens with one attached hydrogen (secondary N) is 4. The molecule has 0 saturated carbocycles. The normalized spacial score (nSPS) is 18.2. The molecule has 5 N–H and O–H groups in total. The lowest BCUT2D eigenvalue weighted by molar-refractivity contribution is -0.136. The number of hydrogen-bond acceptors (Lipinski definition) is 7. The summed E-state index contributed by atoms with van der Waals surface area (Å²) in [4.78, 5) is 70.1. The van der Waals surface area contributed by atoms with Crippen molar-refractivity contribution in [3.63, 3.8) is 0 Å². The van der Waals surface area contributed by atoms with Crippen LogP contribution < -0.4 is 10.6 Å².